The number of carbonyl (C=O) groups excluding carboxylic acids is 1. The Morgan fingerprint density at radius 1 is 1.17 bits per heavy atom. The third-order valence-electron chi connectivity index (χ3n) is 4.59. The summed E-state index contributed by atoms with van der Waals surface area (Å²) in [6.07, 6.45) is 3.07. The van der Waals surface area contributed by atoms with Gasteiger partial charge in [-0.15, -0.1) is 0 Å². The highest BCUT2D eigenvalue weighted by Crippen LogP contribution is 2.32. The highest BCUT2D eigenvalue weighted by atomic mass is 16.6. The molecular weight excluding hydrogens is 386 g/mol. The molecule has 0 spiro atoms. The summed E-state index contributed by atoms with van der Waals surface area (Å²) in [5.74, 6) is -0.438. The predicted molar refractivity (Wildman–Crippen MR) is 109 cm³/mol. The Bertz CT molecular complexity index is 1220. The standard InChI is InChI=1S/C22H17N3O5/c23-11-14(22(28)24-16-5-6-19-20(10-16)30-8-7-29-19)9-15-12-25(13-21(26)27)18-4-2-1-3-17(15)18/h1-6,9-10,12H,7-8,13H2,(H,24,28)(H,26,27). The van der Waals surface area contributed by atoms with Crippen LogP contribution in [0.5, 0.6) is 11.5 Å². The quantitative estimate of drug-likeness (QED) is 0.500. The molecule has 0 saturated heterocycles. The van der Waals surface area contributed by atoms with Crippen molar-refractivity contribution in [2.75, 3.05) is 18.5 Å². The molecule has 150 valence electrons. The summed E-state index contributed by atoms with van der Waals surface area (Å²) in [6, 6.07) is 14.1. The second kappa shape index (κ2) is 8.01. The first kappa shape index (κ1) is 19.1. The van der Waals surface area contributed by atoms with Gasteiger partial charge in [0.1, 0.15) is 31.4 Å². The molecule has 0 radical (unpaired) electrons. The fourth-order valence-corrected chi connectivity index (χ4v) is 3.29. The molecule has 2 N–H and O–H groups in total. The Balaban J connectivity index is 1.63. The molecule has 3 aromatic rings. The van der Waals surface area contributed by atoms with Crippen molar-refractivity contribution in [3.05, 3.63) is 59.8 Å². The first-order valence-electron chi connectivity index (χ1n) is 9.17. The van der Waals surface area contributed by atoms with E-state index >= 15 is 0 Å². The summed E-state index contributed by atoms with van der Waals surface area (Å²) in [5.41, 5.74) is 1.65. The van der Waals surface area contributed by atoms with Crippen molar-refractivity contribution in [3.8, 4) is 17.6 Å². The Morgan fingerprint density at radius 2 is 1.93 bits per heavy atom. The number of aliphatic carboxylic acids is 1. The number of amides is 1. The van der Waals surface area contributed by atoms with Crippen LogP contribution in [0.25, 0.3) is 17.0 Å². The normalized spacial score (nSPS) is 13.0. The number of nitriles is 1. The molecule has 1 aliphatic rings. The molecule has 0 aliphatic carbocycles. The van der Waals surface area contributed by atoms with Crippen molar-refractivity contribution in [1.82, 2.24) is 4.57 Å². The molecule has 8 nitrogen and oxygen atoms in total. The van der Waals surface area contributed by atoms with Crippen LogP contribution in [0.2, 0.25) is 0 Å². The minimum atomic E-state index is -0.983. The monoisotopic (exact) mass is 403 g/mol. The van der Waals surface area contributed by atoms with Crippen LogP contribution in [0.4, 0.5) is 5.69 Å². The number of rotatable bonds is 5. The van der Waals surface area contributed by atoms with E-state index in [1.807, 2.05) is 18.2 Å². The Kier molecular flexibility index (Phi) is 5.09. The number of hydrogen-bond acceptors (Lipinski definition) is 5. The number of ether oxygens (including phenoxy) is 2. The lowest BCUT2D eigenvalue weighted by Crippen LogP contribution is -2.17. The van der Waals surface area contributed by atoms with E-state index in [0.717, 1.165) is 5.39 Å². The van der Waals surface area contributed by atoms with E-state index in [-0.39, 0.29) is 12.1 Å². The SMILES string of the molecule is N#CC(=Cc1cn(CC(=O)O)c2ccccc12)C(=O)Nc1ccc2c(c1)OCCO2. The zero-order chi connectivity index (χ0) is 21.1. The number of nitrogens with zero attached hydrogens (tertiary/aromatic N) is 2. The lowest BCUT2D eigenvalue weighted by atomic mass is 10.1. The third kappa shape index (κ3) is 3.82. The molecule has 1 amide bonds. The Hall–Kier alpha value is -4.25. The number of fused-ring (bicyclic) bond motifs is 2. The number of carboxylic acid groups (broad SMARTS) is 1. The fraction of sp³-hybridized carbons (Fsp3) is 0.136. The first-order chi connectivity index (χ1) is 14.5. The van der Waals surface area contributed by atoms with Crippen molar-refractivity contribution >= 4 is 34.5 Å². The van der Waals surface area contributed by atoms with E-state index in [1.165, 1.54) is 6.08 Å². The Labute approximate surface area is 171 Å². The number of benzene rings is 2. The molecule has 8 heteroatoms. The van der Waals surface area contributed by atoms with Crippen molar-refractivity contribution in [1.29, 1.82) is 5.26 Å². The van der Waals surface area contributed by atoms with Crippen LogP contribution < -0.4 is 14.8 Å². The van der Waals surface area contributed by atoms with Crippen molar-refractivity contribution in [3.63, 3.8) is 0 Å². The van der Waals surface area contributed by atoms with Crippen LogP contribution in [0.3, 0.4) is 0 Å². The maximum Gasteiger partial charge on any atom is 0.323 e. The molecule has 0 bridgehead atoms. The molecule has 0 fully saturated rings. The number of carbonyl (C=O) groups is 2. The van der Waals surface area contributed by atoms with Gasteiger partial charge < -0.3 is 24.5 Å². The van der Waals surface area contributed by atoms with Gasteiger partial charge in [-0.3, -0.25) is 9.59 Å². The van der Waals surface area contributed by atoms with E-state index in [9.17, 15) is 14.9 Å². The van der Waals surface area contributed by atoms with Gasteiger partial charge in [-0.05, 0) is 24.3 Å². The number of carboxylic acids is 1. The maximum atomic E-state index is 12.7. The average Bonchev–Trinajstić information content (AvgIpc) is 3.08. The Morgan fingerprint density at radius 3 is 2.70 bits per heavy atom. The first-order valence-corrected chi connectivity index (χ1v) is 9.17. The number of para-hydroxylation sites is 1. The number of hydrogen-bond donors (Lipinski definition) is 2. The van der Waals surface area contributed by atoms with E-state index < -0.39 is 11.9 Å². The zero-order valence-electron chi connectivity index (χ0n) is 15.8. The van der Waals surface area contributed by atoms with Gasteiger partial charge in [0.15, 0.2) is 11.5 Å². The van der Waals surface area contributed by atoms with Crippen LogP contribution in [-0.4, -0.2) is 34.8 Å². The minimum Gasteiger partial charge on any atom is -0.486 e. The molecule has 2 aromatic carbocycles. The van der Waals surface area contributed by atoms with Gasteiger partial charge in [0.2, 0.25) is 0 Å². The lowest BCUT2D eigenvalue weighted by molar-refractivity contribution is -0.137. The topological polar surface area (TPSA) is 114 Å². The van der Waals surface area contributed by atoms with E-state index in [1.54, 1.807) is 41.1 Å². The number of anilines is 1. The van der Waals surface area contributed by atoms with Gasteiger partial charge in [0, 0.05) is 34.4 Å². The van der Waals surface area contributed by atoms with E-state index in [4.69, 9.17) is 14.6 Å². The number of aromatic nitrogens is 1. The summed E-state index contributed by atoms with van der Waals surface area (Å²) in [7, 11) is 0. The predicted octanol–water partition coefficient (Wildman–Crippen LogP) is 3.04. The van der Waals surface area contributed by atoms with Gasteiger partial charge in [-0.25, -0.2) is 0 Å². The minimum absolute atomic E-state index is 0.108. The zero-order valence-corrected chi connectivity index (χ0v) is 15.8. The summed E-state index contributed by atoms with van der Waals surface area (Å²) in [6.45, 7) is 0.670. The van der Waals surface area contributed by atoms with Gasteiger partial charge in [0.25, 0.3) is 5.91 Å². The van der Waals surface area contributed by atoms with Crippen LogP contribution >= 0.6 is 0 Å². The van der Waals surface area contributed by atoms with Gasteiger partial charge in [-0.1, -0.05) is 18.2 Å². The van der Waals surface area contributed by atoms with Crippen molar-refractivity contribution in [2.24, 2.45) is 0 Å². The van der Waals surface area contributed by atoms with Crippen molar-refractivity contribution in [2.45, 2.75) is 6.54 Å². The second-order valence-electron chi connectivity index (χ2n) is 6.61. The van der Waals surface area contributed by atoms with Gasteiger partial charge in [-0.2, -0.15) is 5.26 Å². The third-order valence-corrected chi connectivity index (χ3v) is 4.59. The molecule has 1 aliphatic heterocycles. The number of nitrogens with one attached hydrogen (secondary N) is 1. The summed E-state index contributed by atoms with van der Waals surface area (Å²) in [5, 5.41) is 22.1. The van der Waals surface area contributed by atoms with Crippen LogP contribution in [-0.2, 0) is 16.1 Å². The highest BCUT2D eigenvalue weighted by molar-refractivity contribution is 6.11. The molecule has 2 heterocycles. The van der Waals surface area contributed by atoms with Gasteiger partial charge in [0.05, 0.1) is 0 Å². The molecule has 1 aromatic heterocycles. The van der Waals surface area contributed by atoms with Crippen molar-refractivity contribution < 1.29 is 24.2 Å². The summed E-state index contributed by atoms with van der Waals surface area (Å²) >= 11 is 0. The van der Waals surface area contributed by atoms with Gasteiger partial charge >= 0.3 is 5.97 Å². The highest BCUT2D eigenvalue weighted by Gasteiger charge is 2.16. The average molecular weight is 403 g/mol. The smallest absolute Gasteiger partial charge is 0.323 e. The largest absolute Gasteiger partial charge is 0.486 e. The summed E-state index contributed by atoms with van der Waals surface area (Å²) in [4.78, 5) is 23.8. The fourth-order valence-electron chi connectivity index (χ4n) is 3.29. The van der Waals surface area contributed by atoms with E-state index in [2.05, 4.69) is 5.32 Å². The summed E-state index contributed by atoms with van der Waals surface area (Å²) < 4.78 is 12.5. The van der Waals surface area contributed by atoms with Crippen LogP contribution in [0.1, 0.15) is 5.56 Å². The molecule has 0 atom stereocenters. The maximum absolute atomic E-state index is 12.7. The second-order valence-corrected chi connectivity index (χ2v) is 6.61. The molecule has 30 heavy (non-hydrogen) atoms. The van der Waals surface area contributed by atoms with E-state index in [0.29, 0.717) is 41.5 Å². The van der Waals surface area contributed by atoms with Crippen LogP contribution in [0.15, 0.2) is 54.2 Å². The molecule has 0 saturated carbocycles. The van der Waals surface area contributed by atoms with Crippen LogP contribution in [0, 0.1) is 11.3 Å². The molecule has 0 unspecified atom stereocenters. The molecule has 4 rings (SSSR count). The molecular formula is C22H17N3O5. The lowest BCUT2D eigenvalue weighted by Gasteiger charge is -2.18.